The van der Waals surface area contributed by atoms with Crippen molar-refractivity contribution in [2.45, 2.75) is 13.0 Å². The second-order valence-electron chi connectivity index (χ2n) is 6.05. The first-order valence-electron chi connectivity index (χ1n) is 8.26. The first kappa shape index (κ1) is 16.1. The number of aromatic nitrogens is 4. The summed E-state index contributed by atoms with van der Waals surface area (Å²) in [5.41, 5.74) is 4.14. The molecule has 26 heavy (non-hydrogen) atoms. The number of anilines is 1. The highest BCUT2D eigenvalue weighted by molar-refractivity contribution is 5.77. The van der Waals surface area contributed by atoms with E-state index in [2.05, 4.69) is 58.1 Å². The zero-order valence-corrected chi connectivity index (χ0v) is 14.8. The molecular formula is C19H19N5O2. The zero-order chi connectivity index (χ0) is 18.1. The number of rotatable bonds is 4. The Bertz CT molecular complexity index is 962. The Balaban J connectivity index is 1.85. The maximum absolute atomic E-state index is 5.61. The maximum Gasteiger partial charge on any atom is 0.248 e. The molecule has 0 radical (unpaired) electrons. The van der Waals surface area contributed by atoms with E-state index in [1.54, 1.807) is 18.9 Å². The largest absolute Gasteiger partial charge is 0.493 e. The SMILES string of the molecule is COc1cccc(C2C=C(c3ccc(C)cc3)Nc3nnnn32)c1OC. The maximum atomic E-state index is 5.61. The Morgan fingerprint density at radius 2 is 1.85 bits per heavy atom. The number of nitrogens with zero attached hydrogens (tertiary/aromatic N) is 4. The smallest absolute Gasteiger partial charge is 0.248 e. The molecule has 0 saturated carbocycles. The predicted octanol–water partition coefficient (Wildman–Crippen LogP) is 3.05. The fourth-order valence-electron chi connectivity index (χ4n) is 3.12. The summed E-state index contributed by atoms with van der Waals surface area (Å²) in [5.74, 6) is 1.92. The van der Waals surface area contributed by atoms with E-state index < -0.39 is 0 Å². The number of fused-ring (bicyclic) bond motifs is 1. The van der Waals surface area contributed by atoms with Gasteiger partial charge in [-0.1, -0.05) is 47.1 Å². The Morgan fingerprint density at radius 1 is 1.04 bits per heavy atom. The van der Waals surface area contributed by atoms with Crippen LogP contribution in [-0.2, 0) is 0 Å². The van der Waals surface area contributed by atoms with E-state index in [0.717, 1.165) is 16.8 Å². The molecule has 0 fully saturated rings. The third-order valence-corrected chi connectivity index (χ3v) is 4.44. The quantitative estimate of drug-likeness (QED) is 0.780. The zero-order valence-electron chi connectivity index (χ0n) is 14.8. The van der Waals surface area contributed by atoms with Gasteiger partial charge in [-0.15, -0.1) is 0 Å². The molecule has 2 aromatic carbocycles. The lowest BCUT2D eigenvalue weighted by Crippen LogP contribution is -2.20. The van der Waals surface area contributed by atoms with Gasteiger partial charge in [0.15, 0.2) is 11.5 Å². The molecule has 0 spiro atoms. The molecule has 4 rings (SSSR count). The third-order valence-electron chi connectivity index (χ3n) is 4.44. The molecule has 132 valence electrons. The number of hydrogen-bond donors (Lipinski definition) is 1. The van der Waals surface area contributed by atoms with Crippen LogP contribution in [0.15, 0.2) is 48.5 Å². The van der Waals surface area contributed by atoms with Crippen molar-refractivity contribution >= 4 is 11.6 Å². The summed E-state index contributed by atoms with van der Waals surface area (Å²) in [4.78, 5) is 0. The Morgan fingerprint density at radius 3 is 2.58 bits per heavy atom. The number of nitrogens with one attached hydrogen (secondary N) is 1. The number of tetrazole rings is 1. The van der Waals surface area contributed by atoms with Gasteiger partial charge in [0, 0.05) is 11.3 Å². The molecule has 1 aliphatic rings. The second kappa shape index (κ2) is 6.51. The van der Waals surface area contributed by atoms with Crippen LogP contribution in [0, 0.1) is 6.92 Å². The molecule has 0 saturated heterocycles. The van der Waals surface area contributed by atoms with E-state index in [-0.39, 0.29) is 6.04 Å². The van der Waals surface area contributed by atoms with Gasteiger partial charge < -0.3 is 14.8 Å². The van der Waals surface area contributed by atoms with Gasteiger partial charge in [0.1, 0.15) is 6.04 Å². The number of para-hydroxylation sites is 1. The standard InChI is InChI=1S/C19H19N5O2/c1-12-7-9-13(10-8-12)15-11-16(24-19(20-15)21-22-23-24)14-5-4-6-17(25-2)18(14)26-3/h4-11,16H,1-3H3,(H,20,21,23). The average Bonchev–Trinajstić information content (AvgIpc) is 3.15. The predicted molar refractivity (Wildman–Crippen MR) is 98.3 cm³/mol. The molecule has 7 heteroatoms. The van der Waals surface area contributed by atoms with E-state index in [4.69, 9.17) is 9.47 Å². The first-order valence-corrected chi connectivity index (χ1v) is 8.26. The van der Waals surface area contributed by atoms with Crippen molar-refractivity contribution in [3.05, 3.63) is 65.2 Å². The van der Waals surface area contributed by atoms with Crippen molar-refractivity contribution < 1.29 is 9.47 Å². The summed E-state index contributed by atoms with van der Waals surface area (Å²) >= 11 is 0. The minimum absolute atomic E-state index is 0.220. The fraction of sp³-hybridized carbons (Fsp3) is 0.211. The van der Waals surface area contributed by atoms with Crippen LogP contribution in [0.2, 0.25) is 0 Å². The minimum atomic E-state index is -0.220. The van der Waals surface area contributed by atoms with Crippen LogP contribution < -0.4 is 14.8 Å². The van der Waals surface area contributed by atoms with Crippen molar-refractivity contribution in [2.24, 2.45) is 0 Å². The second-order valence-corrected chi connectivity index (χ2v) is 6.05. The fourth-order valence-corrected chi connectivity index (χ4v) is 3.12. The van der Waals surface area contributed by atoms with Crippen LogP contribution in [0.25, 0.3) is 5.70 Å². The van der Waals surface area contributed by atoms with Gasteiger partial charge >= 0.3 is 0 Å². The molecule has 0 aliphatic carbocycles. The summed E-state index contributed by atoms with van der Waals surface area (Å²) in [6.45, 7) is 2.07. The van der Waals surface area contributed by atoms with Crippen LogP contribution in [-0.4, -0.2) is 34.4 Å². The van der Waals surface area contributed by atoms with Crippen molar-refractivity contribution in [3.63, 3.8) is 0 Å². The van der Waals surface area contributed by atoms with Gasteiger partial charge in [0.2, 0.25) is 5.95 Å². The van der Waals surface area contributed by atoms with Gasteiger partial charge in [0.05, 0.1) is 14.2 Å². The van der Waals surface area contributed by atoms with Crippen LogP contribution in [0.1, 0.15) is 22.7 Å². The lowest BCUT2D eigenvalue weighted by Gasteiger charge is -2.25. The van der Waals surface area contributed by atoms with Crippen molar-refractivity contribution in [1.29, 1.82) is 0 Å². The molecule has 0 amide bonds. The molecule has 1 unspecified atom stereocenters. The van der Waals surface area contributed by atoms with Gasteiger partial charge in [0.25, 0.3) is 0 Å². The number of hydrogen-bond acceptors (Lipinski definition) is 6. The van der Waals surface area contributed by atoms with Crippen molar-refractivity contribution in [2.75, 3.05) is 19.5 Å². The number of methoxy groups -OCH3 is 2. The highest BCUT2D eigenvalue weighted by atomic mass is 16.5. The molecule has 2 heterocycles. The normalized spacial score (nSPS) is 15.7. The summed E-state index contributed by atoms with van der Waals surface area (Å²) < 4.78 is 12.8. The average molecular weight is 349 g/mol. The van der Waals surface area contributed by atoms with Crippen LogP contribution >= 0.6 is 0 Å². The van der Waals surface area contributed by atoms with Crippen LogP contribution in [0.4, 0.5) is 5.95 Å². The van der Waals surface area contributed by atoms with E-state index in [1.165, 1.54) is 5.56 Å². The lowest BCUT2D eigenvalue weighted by molar-refractivity contribution is 0.348. The van der Waals surface area contributed by atoms with Gasteiger partial charge in [-0.25, -0.2) is 0 Å². The highest BCUT2D eigenvalue weighted by Gasteiger charge is 2.27. The van der Waals surface area contributed by atoms with Crippen LogP contribution in [0.3, 0.4) is 0 Å². The van der Waals surface area contributed by atoms with Crippen molar-refractivity contribution in [1.82, 2.24) is 20.2 Å². The summed E-state index contributed by atoms with van der Waals surface area (Å²) in [7, 11) is 3.26. The minimum Gasteiger partial charge on any atom is -0.493 e. The van der Waals surface area contributed by atoms with E-state index in [9.17, 15) is 0 Å². The molecule has 1 aromatic heterocycles. The number of benzene rings is 2. The topological polar surface area (TPSA) is 74.1 Å². The summed E-state index contributed by atoms with van der Waals surface area (Å²) in [5, 5.41) is 15.4. The highest BCUT2D eigenvalue weighted by Crippen LogP contribution is 2.40. The Kier molecular flexibility index (Phi) is 4.04. The van der Waals surface area contributed by atoms with E-state index >= 15 is 0 Å². The van der Waals surface area contributed by atoms with Gasteiger partial charge in [-0.05, 0) is 35.1 Å². The summed E-state index contributed by atoms with van der Waals surface area (Å²) in [6, 6.07) is 13.9. The van der Waals surface area contributed by atoms with E-state index in [0.29, 0.717) is 17.4 Å². The Hall–Kier alpha value is -3.35. The number of allylic oxidation sites excluding steroid dienone is 1. The molecule has 7 nitrogen and oxygen atoms in total. The number of aryl methyl sites for hydroxylation is 1. The van der Waals surface area contributed by atoms with Crippen LogP contribution in [0.5, 0.6) is 11.5 Å². The summed E-state index contributed by atoms with van der Waals surface area (Å²) in [6.07, 6.45) is 2.09. The molecule has 3 aromatic rings. The van der Waals surface area contributed by atoms with Gasteiger partial charge in [-0.3, -0.25) is 0 Å². The van der Waals surface area contributed by atoms with Gasteiger partial charge in [-0.2, -0.15) is 4.68 Å². The lowest BCUT2D eigenvalue weighted by atomic mass is 10.00. The first-order chi connectivity index (χ1) is 12.7. The van der Waals surface area contributed by atoms with Crippen molar-refractivity contribution in [3.8, 4) is 11.5 Å². The monoisotopic (exact) mass is 349 g/mol. The third kappa shape index (κ3) is 2.67. The molecule has 1 atom stereocenters. The molecule has 0 bridgehead atoms. The molecular weight excluding hydrogens is 330 g/mol. The molecule has 1 N–H and O–H groups in total. The van der Waals surface area contributed by atoms with E-state index in [1.807, 2.05) is 18.2 Å². The molecule has 1 aliphatic heterocycles. The number of ether oxygens (including phenoxy) is 2. The Labute approximate surface area is 151 Å².